The lowest BCUT2D eigenvalue weighted by atomic mass is 9.96. The van der Waals surface area contributed by atoms with E-state index in [4.69, 9.17) is 10.6 Å². The minimum absolute atomic E-state index is 0.622. The highest BCUT2D eigenvalue weighted by molar-refractivity contribution is 7.99. The van der Waals surface area contributed by atoms with Crippen LogP contribution in [0.25, 0.3) is 0 Å². The van der Waals surface area contributed by atoms with Crippen molar-refractivity contribution in [3.05, 3.63) is 18.0 Å². The molecule has 1 aromatic rings. The molecule has 1 fully saturated rings. The Morgan fingerprint density at radius 3 is 3.00 bits per heavy atom. The number of allylic oxidation sites excluding steroid dienone is 2. The Labute approximate surface area is 117 Å². The van der Waals surface area contributed by atoms with E-state index in [0.717, 1.165) is 34.5 Å². The van der Waals surface area contributed by atoms with Crippen LogP contribution in [0.15, 0.2) is 17.3 Å². The van der Waals surface area contributed by atoms with E-state index in [1.807, 2.05) is 0 Å². The van der Waals surface area contributed by atoms with Gasteiger partial charge in [-0.1, -0.05) is 23.9 Å². The van der Waals surface area contributed by atoms with E-state index in [1.54, 1.807) is 23.5 Å². The molecular formula is C13H20N4OS. The van der Waals surface area contributed by atoms with Crippen molar-refractivity contribution >= 4 is 11.8 Å². The molecule has 2 aliphatic rings. The second-order valence-electron chi connectivity index (χ2n) is 5.36. The number of nitrogens with two attached hydrogens (primary N) is 1. The minimum Gasteiger partial charge on any atom is -0.384 e. The van der Waals surface area contributed by atoms with Crippen LogP contribution < -0.4 is 5.84 Å². The van der Waals surface area contributed by atoms with Crippen LogP contribution in [0.1, 0.15) is 18.7 Å². The zero-order valence-corrected chi connectivity index (χ0v) is 12.0. The molecule has 19 heavy (non-hydrogen) atoms. The Morgan fingerprint density at radius 1 is 1.42 bits per heavy atom. The smallest absolute Gasteiger partial charge is 0.209 e. The van der Waals surface area contributed by atoms with Gasteiger partial charge in [-0.3, -0.25) is 0 Å². The molecule has 0 aromatic carbocycles. The molecule has 5 nitrogen and oxygen atoms in total. The summed E-state index contributed by atoms with van der Waals surface area (Å²) in [5.41, 5.74) is 0. The van der Waals surface area contributed by atoms with Crippen molar-refractivity contribution in [3.8, 4) is 0 Å². The third-order valence-electron chi connectivity index (χ3n) is 4.11. The summed E-state index contributed by atoms with van der Waals surface area (Å²) in [5, 5.41) is 9.11. The van der Waals surface area contributed by atoms with Crippen LogP contribution in [0.3, 0.4) is 0 Å². The van der Waals surface area contributed by atoms with E-state index in [-0.39, 0.29) is 0 Å². The van der Waals surface area contributed by atoms with Crippen molar-refractivity contribution in [2.45, 2.75) is 24.4 Å². The summed E-state index contributed by atoms with van der Waals surface area (Å²) < 4.78 is 6.64. The SMILES string of the molecule is COCCc1nnc(SC[C@H]2C[C@H]3C=C[C@@H]2C3)n1N. The first kappa shape index (κ1) is 13.0. The molecule has 2 N–H and O–H groups in total. The van der Waals surface area contributed by atoms with Crippen LogP contribution in [-0.2, 0) is 11.2 Å². The van der Waals surface area contributed by atoms with Gasteiger partial charge in [0.2, 0.25) is 5.16 Å². The van der Waals surface area contributed by atoms with Gasteiger partial charge < -0.3 is 10.6 Å². The number of fused-ring (bicyclic) bond motifs is 2. The fourth-order valence-electron chi connectivity index (χ4n) is 3.04. The standard InChI is InChI=1S/C13H20N4OS/c1-18-5-4-12-15-16-13(17(12)14)19-8-11-7-9-2-3-10(11)6-9/h2-3,9-11H,4-8,14H2,1H3/t9-,10+,11+/m0/s1. The maximum atomic E-state index is 6.01. The van der Waals surface area contributed by atoms with Gasteiger partial charge >= 0.3 is 0 Å². The van der Waals surface area contributed by atoms with E-state index >= 15 is 0 Å². The molecule has 0 unspecified atom stereocenters. The van der Waals surface area contributed by atoms with Gasteiger partial charge in [0.25, 0.3) is 0 Å². The average molecular weight is 280 g/mol. The summed E-state index contributed by atoms with van der Waals surface area (Å²) >= 11 is 1.73. The highest BCUT2D eigenvalue weighted by atomic mass is 32.2. The fourth-order valence-corrected chi connectivity index (χ4v) is 4.13. The van der Waals surface area contributed by atoms with Crippen LogP contribution in [0.4, 0.5) is 0 Å². The predicted octanol–water partition coefficient (Wildman–Crippen LogP) is 1.49. The number of rotatable bonds is 6. The fraction of sp³-hybridized carbons (Fsp3) is 0.692. The lowest BCUT2D eigenvalue weighted by molar-refractivity contribution is 0.200. The second kappa shape index (κ2) is 5.54. The number of thioether (sulfide) groups is 1. The largest absolute Gasteiger partial charge is 0.384 e. The molecule has 0 spiro atoms. The number of hydrogen-bond acceptors (Lipinski definition) is 5. The van der Waals surface area contributed by atoms with Crippen LogP contribution in [-0.4, -0.2) is 34.3 Å². The molecule has 0 radical (unpaired) electrons. The van der Waals surface area contributed by atoms with Crippen LogP contribution in [0.2, 0.25) is 0 Å². The summed E-state index contributed by atoms with van der Waals surface area (Å²) in [6.45, 7) is 0.622. The first-order chi connectivity index (χ1) is 9.28. The molecular weight excluding hydrogens is 260 g/mol. The third-order valence-corrected chi connectivity index (χ3v) is 5.24. The molecule has 0 aliphatic heterocycles. The van der Waals surface area contributed by atoms with E-state index in [1.165, 1.54) is 12.8 Å². The van der Waals surface area contributed by atoms with E-state index in [0.29, 0.717) is 13.0 Å². The second-order valence-corrected chi connectivity index (χ2v) is 6.35. The van der Waals surface area contributed by atoms with Crippen molar-refractivity contribution < 1.29 is 4.74 Å². The third kappa shape index (κ3) is 2.65. The minimum atomic E-state index is 0.622. The summed E-state index contributed by atoms with van der Waals surface area (Å²) in [6, 6.07) is 0. The van der Waals surface area contributed by atoms with Gasteiger partial charge in [-0.05, 0) is 30.6 Å². The molecule has 104 valence electrons. The number of aromatic nitrogens is 3. The van der Waals surface area contributed by atoms with Crippen molar-refractivity contribution in [2.75, 3.05) is 25.3 Å². The average Bonchev–Trinajstić information content (AvgIpc) is 3.10. The Morgan fingerprint density at radius 2 is 2.32 bits per heavy atom. The van der Waals surface area contributed by atoms with Gasteiger partial charge in [-0.15, -0.1) is 10.2 Å². The number of ether oxygens (including phenoxy) is 1. The number of nitrogens with zero attached hydrogens (tertiary/aromatic N) is 3. The maximum absolute atomic E-state index is 6.01. The Balaban J connectivity index is 1.55. The summed E-state index contributed by atoms with van der Waals surface area (Å²) in [6.07, 6.45) is 8.14. The molecule has 1 aromatic heterocycles. The molecule has 3 rings (SSSR count). The van der Waals surface area contributed by atoms with Crippen molar-refractivity contribution in [3.63, 3.8) is 0 Å². The predicted molar refractivity (Wildman–Crippen MR) is 75.3 cm³/mol. The lowest BCUT2D eigenvalue weighted by Crippen LogP contribution is -2.16. The van der Waals surface area contributed by atoms with E-state index < -0.39 is 0 Å². The Kier molecular flexibility index (Phi) is 3.79. The molecule has 0 amide bonds. The molecule has 3 atom stereocenters. The van der Waals surface area contributed by atoms with Gasteiger partial charge in [-0.2, -0.15) is 0 Å². The van der Waals surface area contributed by atoms with Crippen molar-refractivity contribution in [1.29, 1.82) is 0 Å². The van der Waals surface area contributed by atoms with Gasteiger partial charge in [0.15, 0.2) is 5.82 Å². The Hall–Kier alpha value is -1.01. The maximum Gasteiger partial charge on any atom is 0.209 e. The zero-order valence-electron chi connectivity index (χ0n) is 11.2. The zero-order chi connectivity index (χ0) is 13.2. The van der Waals surface area contributed by atoms with Crippen molar-refractivity contribution in [2.24, 2.45) is 17.8 Å². The van der Waals surface area contributed by atoms with Gasteiger partial charge in [0, 0.05) is 19.3 Å². The Bertz CT molecular complexity index is 473. The summed E-state index contributed by atoms with van der Waals surface area (Å²) in [4.78, 5) is 0. The highest BCUT2D eigenvalue weighted by Crippen LogP contribution is 2.45. The summed E-state index contributed by atoms with van der Waals surface area (Å²) in [5.74, 6) is 10.3. The first-order valence-corrected chi connectivity index (χ1v) is 7.76. The van der Waals surface area contributed by atoms with Crippen molar-refractivity contribution in [1.82, 2.24) is 14.9 Å². The molecule has 1 heterocycles. The molecule has 2 bridgehead atoms. The number of nitrogen functional groups attached to an aromatic ring is 1. The van der Waals surface area contributed by atoms with Gasteiger partial charge in [-0.25, -0.2) is 4.68 Å². The van der Waals surface area contributed by atoms with Gasteiger partial charge in [0.1, 0.15) is 0 Å². The van der Waals surface area contributed by atoms with Crippen LogP contribution >= 0.6 is 11.8 Å². The number of methoxy groups -OCH3 is 1. The van der Waals surface area contributed by atoms with Gasteiger partial charge in [0.05, 0.1) is 6.61 Å². The lowest BCUT2D eigenvalue weighted by Gasteiger charge is -2.16. The monoisotopic (exact) mass is 280 g/mol. The quantitative estimate of drug-likeness (QED) is 0.486. The number of hydrogen-bond donors (Lipinski definition) is 1. The van der Waals surface area contributed by atoms with Crippen LogP contribution in [0, 0.1) is 17.8 Å². The molecule has 6 heteroatoms. The highest BCUT2D eigenvalue weighted by Gasteiger charge is 2.35. The van der Waals surface area contributed by atoms with Crippen LogP contribution in [0.5, 0.6) is 0 Å². The summed E-state index contributed by atoms with van der Waals surface area (Å²) in [7, 11) is 1.68. The first-order valence-electron chi connectivity index (χ1n) is 6.77. The molecule has 2 aliphatic carbocycles. The molecule has 0 saturated heterocycles. The topological polar surface area (TPSA) is 66.0 Å². The normalized spacial score (nSPS) is 28.4. The van der Waals surface area contributed by atoms with E-state index in [9.17, 15) is 0 Å². The molecule has 1 saturated carbocycles. The van der Waals surface area contributed by atoms with E-state index in [2.05, 4.69) is 22.3 Å².